The maximum atomic E-state index is 11.5. The van der Waals surface area contributed by atoms with Gasteiger partial charge in [-0.05, 0) is 32.0 Å². The lowest BCUT2D eigenvalue weighted by Gasteiger charge is -2.16. The Hall–Kier alpha value is -0.840. The van der Waals surface area contributed by atoms with E-state index in [4.69, 9.17) is 12.2 Å². The molecule has 0 radical (unpaired) electrons. The molecule has 0 spiro atoms. The molecule has 0 aliphatic carbocycles. The van der Waals surface area contributed by atoms with E-state index in [-0.39, 0.29) is 11.9 Å². The van der Waals surface area contributed by atoms with E-state index in [1.165, 1.54) is 0 Å². The summed E-state index contributed by atoms with van der Waals surface area (Å²) >= 11 is 5.03. The van der Waals surface area contributed by atoms with Crippen molar-refractivity contribution in [1.29, 1.82) is 0 Å². The molecule has 5 heteroatoms. The molecule has 88 valence electrons. The van der Waals surface area contributed by atoms with Gasteiger partial charge in [0, 0.05) is 13.1 Å². The number of thiocarbonyl (C=S) groups is 1. The van der Waals surface area contributed by atoms with Crippen LogP contribution < -0.4 is 16.0 Å². The maximum Gasteiger partial charge on any atom is 0.242 e. The monoisotopic (exact) mass is 231 g/mol. The van der Waals surface area contributed by atoms with E-state index >= 15 is 0 Å². The summed E-state index contributed by atoms with van der Waals surface area (Å²) in [5.74, 6) is -0.0162. The third kappa shape index (κ3) is 7.13. The predicted molar refractivity (Wildman–Crippen MR) is 66.8 cm³/mol. The number of carbonyl (C=O) groups is 1. The average Bonchev–Trinajstić information content (AvgIpc) is 2.22. The van der Waals surface area contributed by atoms with E-state index in [1.807, 2.05) is 6.92 Å². The fourth-order valence-electron chi connectivity index (χ4n) is 0.953. The van der Waals surface area contributed by atoms with Gasteiger partial charge in [0.15, 0.2) is 5.11 Å². The first-order valence-electron chi connectivity index (χ1n) is 5.43. The summed E-state index contributed by atoms with van der Waals surface area (Å²) < 4.78 is 0. The summed E-state index contributed by atoms with van der Waals surface area (Å²) in [6, 6.07) is -0.284. The van der Waals surface area contributed by atoms with E-state index in [0.717, 1.165) is 19.4 Å². The Morgan fingerprint density at radius 1 is 1.20 bits per heavy atom. The van der Waals surface area contributed by atoms with Crippen molar-refractivity contribution >= 4 is 23.2 Å². The van der Waals surface area contributed by atoms with Gasteiger partial charge in [0.25, 0.3) is 0 Å². The molecular formula is C10H21N3OS. The van der Waals surface area contributed by atoms with Gasteiger partial charge in [0.1, 0.15) is 6.04 Å². The third-order valence-electron chi connectivity index (χ3n) is 1.83. The average molecular weight is 231 g/mol. The Balaban J connectivity index is 3.75. The van der Waals surface area contributed by atoms with Crippen LogP contribution in [0.15, 0.2) is 0 Å². The molecule has 0 aromatic carbocycles. The van der Waals surface area contributed by atoms with Crippen molar-refractivity contribution in [2.75, 3.05) is 13.1 Å². The Labute approximate surface area is 97.2 Å². The summed E-state index contributed by atoms with van der Waals surface area (Å²) in [6.07, 6.45) is 1.95. The molecule has 1 amide bonds. The van der Waals surface area contributed by atoms with Gasteiger partial charge in [-0.1, -0.05) is 13.8 Å². The molecule has 15 heavy (non-hydrogen) atoms. The number of amides is 1. The van der Waals surface area contributed by atoms with Gasteiger partial charge in [-0.3, -0.25) is 4.79 Å². The zero-order valence-electron chi connectivity index (χ0n) is 9.72. The molecule has 0 bridgehead atoms. The predicted octanol–water partition coefficient (Wildman–Crippen LogP) is 0.775. The molecule has 0 fully saturated rings. The molecule has 0 rings (SSSR count). The van der Waals surface area contributed by atoms with Gasteiger partial charge >= 0.3 is 0 Å². The van der Waals surface area contributed by atoms with Crippen molar-refractivity contribution in [3.8, 4) is 0 Å². The molecule has 0 saturated carbocycles. The van der Waals surface area contributed by atoms with Crippen LogP contribution in [-0.2, 0) is 4.79 Å². The maximum absolute atomic E-state index is 11.5. The van der Waals surface area contributed by atoms with Crippen molar-refractivity contribution in [1.82, 2.24) is 16.0 Å². The molecule has 0 heterocycles. The topological polar surface area (TPSA) is 53.2 Å². The SMILES string of the molecule is CCCNC(=O)C(C)NC(=S)NCCC. The summed E-state index contributed by atoms with van der Waals surface area (Å²) in [5.41, 5.74) is 0. The zero-order chi connectivity index (χ0) is 11.7. The number of rotatable bonds is 6. The Kier molecular flexibility index (Phi) is 7.99. The smallest absolute Gasteiger partial charge is 0.242 e. The van der Waals surface area contributed by atoms with Crippen LogP contribution in [0.2, 0.25) is 0 Å². The van der Waals surface area contributed by atoms with Crippen molar-refractivity contribution in [2.45, 2.75) is 39.7 Å². The molecule has 0 aromatic rings. The summed E-state index contributed by atoms with van der Waals surface area (Å²) in [6.45, 7) is 7.42. The van der Waals surface area contributed by atoms with E-state index in [9.17, 15) is 4.79 Å². The number of hydrogen-bond donors (Lipinski definition) is 3. The standard InChI is InChI=1S/C10H21N3OS/c1-4-6-11-9(14)8(3)13-10(15)12-7-5-2/h8H,4-7H2,1-3H3,(H,11,14)(H2,12,13,15). The highest BCUT2D eigenvalue weighted by molar-refractivity contribution is 7.80. The second-order valence-electron chi connectivity index (χ2n) is 3.41. The van der Waals surface area contributed by atoms with E-state index < -0.39 is 0 Å². The molecule has 0 saturated heterocycles. The van der Waals surface area contributed by atoms with Crippen LogP contribution in [0.5, 0.6) is 0 Å². The highest BCUT2D eigenvalue weighted by Crippen LogP contribution is 1.83. The Bertz CT molecular complexity index is 209. The normalized spacial score (nSPS) is 11.7. The van der Waals surface area contributed by atoms with Crippen molar-refractivity contribution in [3.05, 3.63) is 0 Å². The van der Waals surface area contributed by atoms with Gasteiger partial charge < -0.3 is 16.0 Å². The lowest BCUT2D eigenvalue weighted by atomic mass is 10.3. The lowest BCUT2D eigenvalue weighted by molar-refractivity contribution is -0.122. The molecule has 4 nitrogen and oxygen atoms in total. The Morgan fingerprint density at radius 2 is 1.73 bits per heavy atom. The molecule has 0 aliphatic rings. The number of nitrogens with one attached hydrogen (secondary N) is 3. The zero-order valence-corrected chi connectivity index (χ0v) is 10.5. The first kappa shape index (κ1) is 14.2. The minimum Gasteiger partial charge on any atom is -0.363 e. The lowest BCUT2D eigenvalue weighted by Crippen LogP contribution is -2.48. The molecule has 0 aromatic heterocycles. The molecule has 1 unspecified atom stereocenters. The second kappa shape index (κ2) is 8.47. The first-order chi connectivity index (χ1) is 7.11. The van der Waals surface area contributed by atoms with Gasteiger partial charge in [-0.15, -0.1) is 0 Å². The van der Waals surface area contributed by atoms with E-state index in [0.29, 0.717) is 11.7 Å². The summed E-state index contributed by atoms with van der Waals surface area (Å²) in [4.78, 5) is 11.5. The highest BCUT2D eigenvalue weighted by atomic mass is 32.1. The minimum absolute atomic E-state index is 0.0162. The molecule has 0 aliphatic heterocycles. The Morgan fingerprint density at radius 3 is 2.27 bits per heavy atom. The third-order valence-corrected chi connectivity index (χ3v) is 2.09. The van der Waals surface area contributed by atoms with Crippen molar-refractivity contribution in [2.24, 2.45) is 0 Å². The van der Waals surface area contributed by atoms with Crippen molar-refractivity contribution in [3.63, 3.8) is 0 Å². The van der Waals surface area contributed by atoms with Gasteiger partial charge in [0.2, 0.25) is 5.91 Å². The van der Waals surface area contributed by atoms with Gasteiger partial charge in [0.05, 0.1) is 0 Å². The van der Waals surface area contributed by atoms with E-state index in [1.54, 1.807) is 6.92 Å². The van der Waals surface area contributed by atoms with Crippen LogP contribution in [0, 0.1) is 0 Å². The molecular weight excluding hydrogens is 210 g/mol. The van der Waals surface area contributed by atoms with Crippen LogP contribution in [0.25, 0.3) is 0 Å². The second-order valence-corrected chi connectivity index (χ2v) is 3.82. The van der Waals surface area contributed by atoms with Crippen LogP contribution in [0.1, 0.15) is 33.6 Å². The van der Waals surface area contributed by atoms with Crippen molar-refractivity contribution < 1.29 is 4.79 Å². The van der Waals surface area contributed by atoms with Gasteiger partial charge in [-0.25, -0.2) is 0 Å². The summed E-state index contributed by atoms with van der Waals surface area (Å²) in [7, 11) is 0. The van der Waals surface area contributed by atoms with Crippen LogP contribution in [-0.4, -0.2) is 30.2 Å². The van der Waals surface area contributed by atoms with Crippen LogP contribution >= 0.6 is 12.2 Å². The van der Waals surface area contributed by atoms with Gasteiger partial charge in [-0.2, -0.15) is 0 Å². The number of hydrogen-bond acceptors (Lipinski definition) is 2. The largest absolute Gasteiger partial charge is 0.363 e. The van der Waals surface area contributed by atoms with Crippen LogP contribution in [0.3, 0.4) is 0 Å². The summed E-state index contributed by atoms with van der Waals surface area (Å²) in [5, 5.41) is 9.29. The quantitative estimate of drug-likeness (QED) is 0.591. The molecule has 1 atom stereocenters. The fourth-order valence-corrected chi connectivity index (χ4v) is 1.23. The number of carbonyl (C=O) groups excluding carboxylic acids is 1. The minimum atomic E-state index is -0.284. The molecule has 3 N–H and O–H groups in total. The van der Waals surface area contributed by atoms with Crippen LogP contribution in [0.4, 0.5) is 0 Å². The van der Waals surface area contributed by atoms with E-state index in [2.05, 4.69) is 22.9 Å². The first-order valence-corrected chi connectivity index (χ1v) is 5.84. The fraction of sp³-hybridized carbons (Fsp3) is 0.800. The highest BCUT2D eigenvalue weighted by Gasteiger charge is 2.11.